The molecule has 17 heavy (non-hydrogen) atoms. The van der Waals surface area contributed by atoms with Crippen LogP contribution >= 0.6 is 11.8 Å². The molecule has 1 atom stereocenters. The Morgan fingerprint density at radius 3 is 2.59 bits per heavy atom. The summed E-state index contributed by atoms with van der Waals surface area (Å²) >= 11 is 1.99. The molecule has 1 aliphatic carbocycles. The van der Waals surface area contributed by atoms with Gasteiger partial charge in [0.05, 0.1) is 5.69 Å². The van der Waals surface area contributed by atoms with E-state index >= 15 is 0 Å². The number of anilines is 1. The number of nitrogen functional groups attached to an aromatic ring is 2. The van der Waals surface area contributed by atoms with Crippen molar-refractivity contribution in [1.82, 2.24) is 9.66 Å². The smallest absolute Gasteiger partial charge is 0.146 e. The summed E-state index contributed by atoms with van der Waals surface area (Å²) in [6, 6.07) is 0. The summed E-state index contributed by atoms with van der Waals surface area (Å²) in [5.74, 6) is 11.2. The van der Waals surface area contributed by atoms with Gasteiger partial charge in [0.1, 0.15) is 11.6 Å². The van der Waals surface area contributed by atoms with Crippen LogP contribution < -0.4 is 11.6 Å². The normalized spacial score (nSPS) is 25.8. The summed E-state index contributed by atoms with van der Waals surface area (Å²) in [5.41, 5.74) is 7.17. The number of hydrogen-bond acceptors (Lipinski definition) is 4. The summed E-state index contributed by atoms with van der Waals surface area (Å²) in [6.45, 7) is 0. The molecule has 0 spiro atoms. The van der Waals surface area contributed by atoms with Crippen LogP contribution in [0.2, 0.25) is 0 Å². The molecule has 4 nitrogen and oxygen atoms in total. The molecule has 1 aromatic rings. The number of thioether (sulfide) groups is 1. The highest BCUT2D eigenvalue weighted by Gasteiger charge is 2.29. The average Bonchev–Trinajstić information content (AvgIpc) is 3.02. The summed E-state index contributed by atoms with van der Waals surface area (Å²) in [4.78, 5) is 4.77. The molecule has 1 aromatic heterocycles. The second-order valence-electron chi connectivity index (χ2n) is 5.15. The average molecular weight is 252 g/mol. The van der Waals surface area contributed by atoms with E-state index in [1.165, 1.54) is 37.9 Å². The second-order valence-corrected chi connectivity index (χ2v) is 6.30. The zero-order valence-electron chi connectivity index (χ0n) is 10.1. The lowest BCUT2D eigenvalue weighted by atomic mass is 10.1. The SMILES string of the molecule is Nc1c(C2CCSC2)nc(C2CCCC2)n1N. The maximum Gasteiger partial charge on any atom is 0.146 e. The van der Waals surface area contributed by atoms with Crippen molar-refractivity contribution in [2.24, 2.45) is 0 Å². The molecule has 1 saturated heterocycles. The van der Waals surface area contributed by atoms with Gasteiger partial charge < -0.3 is 11.6 Å². The maximum absolute atomic E-state index is 6.12. The van der Waals surface area contributed by atoms with E-state index in [4.69, 9.17) is 16.6 Å². The summed E-state index contributed by atoms with van der Waals surface area (Å²) in [7, 11) is 0. The lowest BCUT2D eigenvalue weighted by Crippen LogP contribution is -2.17. The van der Waals surface area contributed by atoms with Crippen LogP contribution in [0, 0.1) is 0 Å². The molecule has 0 bridgehead atoms. The number of aromatic nitrogens is 2. The Balaban J connectivity index is 1.91. The van der Waals surface area contributed by atoms with Crippen LogP contribution in [-0.4, -0.2) is 21.2 Å². The highest BCUT2D eigenvalue weighted by Crippen LogP contribution is 2.38. The lowest BCUT2D eigenvalue weighted by Gasteiger charge is -2.08. The summed E-state index contributed by atoms with van der Waals surface area (Å²) in [6.07, 6.45) is 6.22. The summed E-state index contributed by atoms with van der Waals surface area (Å²) in [5, 5.41) is 0. The predicted octanol–water partition coefficient (Wildman–Crippen LogP) is 2.06. The lowest BCUT2D eigenvalue weighted by molar-refractivity contribution is 0.643. The first-order valence-corrected chi connectivity index (χ1v) is 7.63. The van der Waals surface area contributed by atoms with Crippen LogP contribution in [0.25, 0.3) is 0 Å². The first-order valence-electron chi connectivity index (χ1n) is 6.48. The fraction of sp³-hybridized carbons (Fsp3) is 0.750. The molecule has 2 heterocycles. The minimum absolute atomic E-state index is 0.518. The van der Waals surface area contributed by atoms with Gasteiger partial charge in [0.15, 0.2) is 0 Å². The van der Waals surface area contributed by atoms with E-state index in [-0.39, 0.29) is 0 Å². The zero-order chi connectivity index (χ0) is 11.8. The number of imidazole rings is 1. The molecule has 2 aliphatic rings. The van der Waals surface area contributed by atoms with E-state index in [1.807, 2.05) is 11.8 Å². The third-order valence-electron chi connectivity index (χ3n) is 4.04. The molecule has 2 fully saturated rings. The molecule has 3 rings (SSSR count). The highest BCUT2D eigenvalue weighted by atomic mass is 32.2. The quantitative estimate of drug-likeness (QED) is 0.790. The van der Waals surface area contributed by atoms with Crippen molar-refractivity contribution in [3.05, 3.63) is 11.5 Å². The Kier molecular flexibility index (Phi) is 2.94. The van der Waals surface area contributed by atoms with E-state index in [0.717, 1.165) is 17.3 Å². The van der Waals surface area contributed by atoms with Crippen LogP contribution in [-0.2, 0) is 0 Å². The van der Waals surface area contributed by atoms with Gasteiger partial charge in [-0.25, -0.2) is 9.66 Å². The monoisotopic (exact) mass is 252 g/mol. The van der Waals surface area contributed by atoms with Crippen molar-refractivity contribution in [3.8, 4) is 0 Å². The van der Waals surface area contributed by atoms with Gasteiger partial charge in [-0.15, -0.1) is 0 Å². The molecule has 94 valence electrons. The summed E-state index contributed by atoms with van der Waals surface area (Å²) < 4.78 is 1.65. The number of nitrogens with zero attached hydrogens (tertiary/aromatic N) is 2. The van der Waals surface area contributed by atoms with E-state index in [2.05, 4.69) is 0 Å². The van der Waals surface area contributed by atoms with Crippen molar-refractivity contribution in [2.45, 2.75) is 43.9 Å². The van der Waals surface area contributed by atoms with Crippen LogP contribution in [0.1, 0.15) is 55.5 Å². The highest BCUT2D eigenvalue weighted by molar-refractivity contribution is 7.99. The van der Waals surface area contributed by atoms with Crippen molar-refractivity contribution >= 4 is 17.6 Å². The molecule has 4 N–H and O–H groups in total. The van der Waals surface area contributed by atoms with Gasteiger partial charge in [-0.05, 0) is 25.0 Å². The fourth-order valence-corrected chi connectivity index (χ4v) is 4.23. The van der Waals surface area contributed by atoms with Crippen LogP contribution in [0.5, 0.6) is 0 Å². The molecule has 0 amide bonds. The first kappa shape index (κ1) is 11.3. The van der Waals surface area contributed by atoms with E-state index < -0.39 is 0 Å². The zero-order valence-corrected chi connectivity index (χ0v) is 10.9. The predicted molar refractivity (Wildman–Crippen MR) is 72.7 cm³/mol. The topological polar surface area (TPSA) is 69.9 Å². The second kappa shape index (κ2) is 4.44. The Morgan fingerprint density at radius 2 is 1.94 bits per heavy atom. The standard InChI is InChI=1S/C12H20N4S/c13-11-10(9-5-6-17-7-9)15-12(16(11)14)8-3-1-2-4-8/h8-9H,1-7,13-14H2. The molecular formula is C12H20N4S. The Morgan fingerprint density at radius 1 is 1.18 bits per heavy atom. The molecule has 0 radical (unpaired) electrons. The number of nitrogens with two attached hydrogens (primary N) is 2. The Labute approximate surface area is 106 Å². The fourth-order valence-electron chi connectivity index (χ4n) is 3.00. The largest absolute Gasteiger partial charge is 0.382 e. The number of rotatable bonds is 2. The van der Waals surface area contributed by atoms with Gasteiger partial charge >= 0.3 is 0 Å². The maximum atomic E-state index is 6.12. The van der Waals surface area contributed by atoms with Gasteiger partial charge in [-0.3, -0.25) is 0 Å². The van der Waals surface area contributed by atoms with Crippen molar-refractivity contribution in [2.75, 3.05) is 23.1 Å². The van der Waals surface area contributed by atoms with Crippen LogP contribution in [0.15, 0.2) is 0 Å². The van der Waals surface area contributed by atoms with E-state index in [1.54, 1.807) is 4.68 Å². The Bertz CT molecular complexity index is 366. The van der Waals surface area contributed by atoms with Crippen molar-refractivity contribution in [1.29, 1.82) is 0 Å². The van der Waals surface area contributed by atoms with Gasteiger partial charge in [0.25, 0.3) is 0 Å². The molecular weight excluding hydrogens is 232 g/mol. The molecule has 0 aromatic carbocycles. The van der Waals surface area contributed by atoms with Gasteiger partial charge in [-0.1, -0.05) is 12.8 Å². The van der Waals surface area contributed by atoms with E-state index in [0.29, 0.717) is 17.7 Å². The third kappa shape index (κ3) is 1.90. The third-order valence-corrected chi connectivity index (χ3v) is 5.20. The first-order chi connectivity index (χ1) is 8.27. The number of hydrogen-bond donors (Lipinski definition) is 2. The van der Waals surface area contributed by atoms with Crippen LogP contribution in [0.3, 0.4) is 0 Å². The minimum atomic E-state index is 0.518. The molecule has 1 unspecified atom stereocenters. The van der Waals surface area contributed by atoms with Crippen molar-refractivity contribution < 1.29 is 0 Å². The van der Waals surface area contributed by atoms with Gasteiger partial charge in [-0.2, -0.15) is 11.8 Å². The molecule has 1 saturated carbocycles. The minimum Gasteiger partial charge on any atom is -0.382 e. The van der Waals surface area contributed by atoms with E-state index in [9.17, 15) is 0 Å². The van der Waals surface area contributed by atoms with Crippen LogP contribution in [0.4, 0.5) is 5.82 Å². The molecule has 5 heteroatoms. The van der Waals surface area contributed by atoms with Crippen molar-refractivity contribution in [3.63, 3.8) is 0 Å². The Hall–Kier alpha value is -0.840. The van der Waals surface area contributed by atoms with Gasteiger partial charge in [0.2, 0.25) is 0 Å². The van der Waals surface area contributed by atoms with Gasteiger partial charge in [0, 0.05) is 17.6 Å². The molecule has 1 aliphatic heterocycles.